The van der Waals surface area contributed by atoms with Gasteiger partial charge in [0.25, 0.3) is 5.69 Å². The van der Waals surface area contributed by atoms with E-state index in [1.807, 2.05) is 17.9 Å². The Morgan fingerprint density at radius 3 is 2.65 bits per heavy atom. The summed E-state index contributed by atoms with van der Waals surface area (Å²) in [4.78, 5) is 12.4. The topological polar surface area (TPSA) is 70.2 Å². The lowest BCUT2D eigenvalue weighted by molar-refractivity contribution is -0.385. The number of nitro benzene ring substituents is 1. The summed E-state index contributed by atoms with van der Waals surface area (Å²) in [5, 5.41) is 19.6. The zero-order chi connectivity index (χ0) is 12.8. The predicted molar refractivity (Wildman–Crippen MR) is 66.0 cm³/mol. The Kier molecular flexibility index (Phi) is 4.46. The zero-order valence-corrected chi connectivity index (χ0v) is 10.0. The molecule has 0 aliphatic rings. The predicted octanol–water partition coefficient (Wildman–Crippen LogP) is 2.70. The summed E-state index contributed by atoms with van der Waals surface area (Å²) in [5.74, 6) is 0. The molecule has 0 atom stereocenters. The number of nitriles is 1. The van der Waals surface area contributed by atoms with Gasteiger partial charge < -0.3 is 4.90 Å². The Balaban J connectivity index is 3.16. The first-order valence-electron chi connectivity index (χ1n) is 5.57. The van der Waals surface area contributed by atoms with E-state index in [0.717, 1.165) is 25.2 Å². The molecule has 0 bridgehead atoms. The van der Waals surface area contributed by atoms with Crippen molar-refractivity contribution in [2.24, 2.45) is 0 Å². The number of rotatable bonds is 5. The van der Waals surface area contributed by atoms with Gasteiger partial charge in [-0.1, -0.05) is 6.92 Å². The van der Waals surface area contributed by atoms with E-state index in [-0.39, 0.29) is 11.3 Å². The fraction of sp³-hybridized carbons (Fsp3) is 0.417. The van der Waals surface area contributed by atoms with Crippen LogP contribution in [0.25, 0.3) is 0 Å². The van der Waals surface area contributed by atoms with Crippen LogP contribution in [0.15, 0.2) is 18.2 Å². The summed E-state index contributed by atoms with van der Waals surface area (Å²) in [5.41, 5.74) is 0.769. The molecule has 0 amide bonds. The number of anilines is 1. The lowest BCUT2D eigenvalue weighted by Crippen LogP contribution is -2.23. The van der Waals surface area contributed by atoms with Crippen LogP contribution in [0, 0.1) is 21.4 Å². The minimum atomic E-state index is -0.512. The number of hydrogen-bond donors (Lipinski definition) is 0. The van der Waals surface area contributed by atoms with E-state index in [1.165, 1.54) is 12.1 Å². The monoisotopic (exact) mass is 233 g/mol. The molecule has 0 aliphatic heterocycles. The van der Waals surface area contributed by atoms with Gasteiger partial charge in [-0.15, -0.1) is 0 Å². The summed E-state index contributed by atoms with van der Waals surface area (Å²) < 4.78 is 0. The van der Waals surface area contributed by atoms with Crippen LogP contribution in [-0.4, -0.2) is 18.0 Å². The van der Waals surface area contributed by atoms with Gasteiger partial charge in [0.1, 0.15) is 11.6 Å². The maximum Gasteiger partial charge on any atom is 0.289 e. The summed E-state index contributed by atoms with van der Waals surface area (Å²) >= 11 is 0. The van der Waals surface area contributed by atoms with Crippen LogP contribution in [0.3, 0.4) is 0 Å². The molecule has 5 nitrogen and oxygen atoms in total. The van der Waals surface area contributed by atoms with Crippen LogP contribution in [0.2, 0.25) is 0 Å². The van der Waals surface area contributed by atoms with E-state index in [9.17, 15) is 10.1 Å². The third kappa shape index (κ3) is 2.94. The van der Waals surface area contributed by atoms with Gasteiger partial charge in [-0.3, -0.25) is 10.1 Å². The molecule has 1 rings (SSSR count). The van der Waals surface area contributed by atoms with Crippen molar-refractivity contribution >= 4 is 11.4 Å². The standard InChI is InChI=1S/C12H15N3O2/c1-3-7-14(4-2)11-6-5-10(9-13)12(8-11)15(16)17/h5-6,8H,3-4,7H2,1-2H3. The molecule has 0 unspecified atom stereocenters. The highest BCUT2D eigenvalue weighted by Crippen LogP contribution is 2.25. The van der Waals surface area contributed by atoms with Crippen LogP contribution in [0.5, 0.6) is 0 Å². The highest BCUT2D eigenvalue weighted by atomic mass is 16.6. The van der Waals surface area contributed by atoms with Crippen molar-refractivity contribution in [3.63, 3.8) is 0 Å². The molecule has 17 heavy (non-hydrogen) atoms. The van der Waals surface area contributed by atoms with Gasteiger partial charge in [-0.2, -0.15) is 5.26 Å². The van der Waals surface area contributed by atoms with E-state index in [1.54, 1.807) is 6.07 Å². The molecule has 0 fully saturated rings. The van der Waals surface area contributed by atoms with Crippen LogP contribution in [0.1, 0.15) is 25.8 Å². The second-order valence-corrected chi connectivity index (χ2v) is 3.65. The third-order valence-electron chi connectivity index (χ3n) is 2.54. The van der Waals surface area contributed by atoms with Gasteiger partial charge in [-0.25, -0.2) is 0 Å². The molecule has 0 aliphatic carbocycles. The average molecular weight is 233 g/mol. The van der Waals surface area contributed by atoms with Crippen molar-refractivity contribution in [2.45, 2.75) is 20.3 Å². The van der Waals surface area contributed by atoms with Gasteiger partial charge in [0.15, 0.2) is 0 Å². The van der Waals surface area contributed by atoms with Crippen LogP contribution in [0.4, 0.5) is 11.4 Å². The minimum Gasteiger partial charge on any atom is -0.372 e. The smallest absolute Gasteiger partial charge is 0.289 e. The molecule has 0 aromatic heterocycles. The largest absolute Gasteiger partial charge is 0.372 e. The maximum atomic E-state index is 10.8. The summed E-state index contributed by atoms with van der Waals surface area (Å²) in [7, 11) is 0. The quantitative estimate of drug-likeness (QED) is 0.579. The molecule has 5 heteroatoms. The van der Waals surface area contributed by atoms with Crippen molar-refractivity contribution in [1.29, 1.82) is 5.26 Å². The molecular weight excluding hydrogens is 218 g/mol. The van der Waals surface area contributed by atoms with Gasteiger partial charge in [-0.05, 0) is 25.5 Å². The summed E-state index contributed by atoms with van der Waals surface area (Å²) in [6.07, 6.45) is 0.974. The Morgan fingerprint density at radius 1 is 1.47 bits per heavy atom. The molecule has 0 saturated carbocycles. The first-order valence-corrected chi connectivity index (χ1v) is 5.57. The number of nitrogens with zero attached hydrogens (tertiary/aromatic N) is 3. The third-order valence-corrected chi connectivity index (χ3v) is 2.54. The van der Waals surface area contributed by atoms with E-state index >= 15 is 0 Å². The summed E-state index contributed by atoms with van der Waals surface area (Å²) in [6.45, 7) is 5.69. The number of hydrogen-bond acceptors (Lipinski definition) is 4. The fourth-order valence-corrected chi connectivity index (χ4v) is 1.70. The Bertz CT molecular complexity index is 452. The van der Waals surface area contributed by atoms with E-state index in [0.29, 0.717) is 0 Å². The van der Waals surface area contributed by atoms with Crippen molar-refractivity contribution in [3.05, 3.63) is 33.9 Å². The lowest BCUT2D eigenvalue weighted by atomic mass is 10.1. The minimum absolute atomic E-state index is 0.103. The van der Waals surface area contributed by atoms with Crippen LogP contribution in [-0.2, 0) is 0 Å². The molecule has 90 valence electrons. The number of benzene rings is 1. The van der Waals surface area contributed by atoms with Crippen molar-refractivity contribution in [1.82, 2.24) is 0 Å². The highest BCUT2D eigenvalue weighted by molar-refractivity contribution is 5.60. The normalized spacial score (nSPS) is 9.71. The molecule has 0 N–H and O–H groups in total. The Morgan fingerprint density at radius 2 is 2.18 bits per heavy atom. The SMILES string of the molecule is CCCN(CC)c1ccc(C#N)c([N+](=O)[O-])c1. The van der Waals surface area contributed by atoms with E-state index in [4.69, 9.17) is 5.26 Å². The van der Waals surface area contributed by atoms with Gasteiger partial charge >= 0.3 is 0 Å². The van der Waals surface area contributed by atoms with Gasteiger partial charge in [0.05, 0.1) is 4.92 Å². The number of nitro groups is 1. The van der Waals surface area contributed by atoms with Crippen LogP contribution >= 0.6 is 0 Å². The molecule has 0 spiro atoms. The van der Waals surface area contributed by atoms with E-state index in [2.05, 4.69) is 6.92 Å². The van der Waals surface area contributed by atoms with Gasteiger partial charge in [0.2, 0.25) is 0 Å². The Labute approximate surface area is 100 Å². The molecule has 1 aromatic carbocycles. The second kappa shape index (κ2) is 5.85. The van der Waals surface area contributed by atoms with E-state index < -0.39 is 4.92 Å². The van der Waals surface area contributed by atoms with Crippen molar-refractivity contribution in [2.75, 3.05) is 18.0 Å². The zero-order valence-electron chi connectivity index (χ0n) is 10.0. The summed E-state index contributed by atoms with van der Waals surface area (Å²) in [6, 6.07) is 6.56. The lowest BCUT2D eigenvalue weighted by Gasteiger charge is -2.22. The molecule has 1 aromatic rings. The molecular formula is C12H15N3O2. The molecule has 0 heterocycles. The Hall–Kier alpha value is -2.09. The second-order valence-electron chi connectivity index (χ2n) is 3.65. The molecule has 0 radical (unpaired) electrons. The molecule has 0 saturated heterocycles. The maximum absolute atomic E-state index is 10.8. The average Bonchev–Trinajstić information content (AvgIpc) is 2.35. The van der Waals surface area contributed by atoms with Gasteiger partial charge in [0, 0.05) is 24.8 Å². The van der Waals surface area contributed by atoms with Crippen molar-refractivity contribution in [3.8, 4) is 6.07 Å². The van der Waals surface area contributed by atoms with Crippen molar-refractivity contribution < 1.29 is 4.92 Å². The van der Waals surface area contributed by atoms with Crippen LogP contribution < -0.4 is 4.90 Å². The highest BCUT2D eigenvalue weighted by Gasteiger charge is 2.16. The fourth-order valence-electron chi connectivity index (χ4n) is 1.70. The first-order chi connectivity index (χ1) is 8.13. The first kappa shape index (κ1) is 13.0.